The summed E-state index contributed by atoms with van der Waals surface area (Å²) >= 11 is 6.79. The molecule has 2 aromatic rings. The fourth-order valence-corrected chi connectivity index (χ4v) is 4.22. The molecule has 0 unspecified atom stereocenters. The molecule has 1 heterocycles. The maximum Gasteiger partial charge on any atom is 0.270 e. The van der Waals surface area contributed by atoms with E-state index >= 15 is 0 Å². The fourth-order valence-electron chi connectivity index (χ4n) is 2.93. The Bertz CT molecular complexity index is 937. The van der Waals surface area contributed by atoms with Gasteiger partial charge in [0.1, 0.15) is 0 Å². The number of anilines is 1. The number of aryl methyl sites for hydroxylation is 2. The standard InChI is InChI=1S/C21H21NO3S2/c1-5-25-18-11-15(7-9-17(18)24-4)12-19-20(23)22(21(26)27-19)16-8-6-13(2)10-14(16)3/h6-12H,5H2,1-4H3/b19-12-. The topological polar surface area (TPSA) is 38.8 Å². The molecule has 0 aromatic heterocycles. The van der Waals surface area contributed by atoms with E-state index < -0.39 is 0 Å². The molecule has 1 saturated heterocycles. The lowest BCUT2D eigenvalue weighted by Gasteiger charge is -2.17. The lowest BCUT2D eigenvalue weighted by molar-refractivity contribution is -0.113. The third kappa shape index (κ3) is 4.01. The van der Waals surface area contributed by atoms with Gasteiger partial charge in [-0.3, -0.25) is 9.69 Å². The van der Waals surface area contributed by atoms with Crippen LogP contribution >= 0.6 is 24.0 Å². The molecule has 0 saturated carbocycles. The van der Waals surface area contributed by atoms with Gasteiger partial charge in [0.2, 0.25) is 0 Å². The van der Waals surface area contributed by atoms with Gasteiger partial charge in [0, 0.05) is 0 Å². The number of carbonyl (C=O) groups excluding carboxylic acids is 1. The predicted molar refractivity (Wildman–Crippen MR) is 116 cm³/mol. The number of benzene rings is 2. The second-order valence-electron chi connectivity index (χ2n) is 6.15. The average molecular weight is 400 g/mol. The summed E-state index contributed by atoms with van der Waals surface area (Å²) in [6.07, 6.45) is 1.84. The summed E-state index contributed by atoms with van der Waals surface area (Å²) in [6, 6.07) is 11.6. The number of ether oxygens (including phenoxy) is 2. The first-order valence-corrected chi connectivity index (χ1v) is 9.83. The van der Waals surface area contributed by atoms with Crippen LogP contribution < -0.4 is 14.4 Å². The van der Waals surface area contributed by atoms with Crippen LogP contribution in [0.5, 0.6) is 11.5 Å². The molecular weight excluding hydrogens is 378 g/mol. The van der Waals surface area contributed by atoms with Crippen molar-refractivity contribution in [3.63, 3.8) is 0 Å². The number of amides is 1. The Kier molecular flexibility index (Phi) is 5.87. The molecule has 1 amide bonds. The second-order valence-corrected chi connectivity index (χ2v) is 7.83. The molecule has 2 aromatic carbocycles. The highest BCUT2D eigenvalue weighted by Crippen LogP contribution is 2.38. The Morgan fingerprint density at radius 1 is 1.15 bits per heavy atom. The number of methoxy groups -OCH3 is 1. The largest absolute Gasteiger partial charge is 0.493 e. The maximum absolute atomic E-state index is 13.0. The Morgan fingerprint density at radius 3 is 2.59 bits per heavy atom. The van der Waals surface area contributed by atoms with Gasteiger partial charge in [-0.1, -0.05) is 47.7 Å². The molecule has 0 radical (unpaired) electrons. The number of hydrogen-bond donors (Lipinski definition) is 0. The van der Waals surface area contributed by atoms with E-state index in [2.05, 4.69) is 6.07 Å². The fraction of sp³-hybridized carbons (Fsp3) is 0.238. The van der Waals surface area contributed by atoms with E-state index in [9.17, 15) is 4.79 Å². The third-order valence-electron chi connectivity index (χ3n) is 4.17. The van der Waals surface area contributed by atoms with E-state index in [4.69, 9.17) is 21.7 Å². The summed E-state index contributed by atoms with van der Waals surface area (Å²) in [5, 5.41) is 0. The average Bonchev–Trinajstić information content (AvgIpc) is 2.90. The molecule has 1 aliphatic heterocycles. The van der Waals surface area contributed by atoms with Crippen LogP contribution in [0.25, 0.3) is 6.08 Å². The SMILES string of the molecule is CCOc1cc(/C=C2\SC(=S)N(c3ccc(C)cc3C)C2=O)ccc1OC. The van der Waals surface area contributed by atoms with E-state index in [-0.39, 0.29) is 5.91 Å². The minimum absolute atomic E-state index is 0.106. The van der Waals surface area contributed by atoms with Gasteiger partial charge in [-0.25, -0.2) is 0 Å². The molecule has 6 heteroatoms. The van der Waals surface area contributed by atoms with Gasteiger partial charge in [-0.05, 0) is 56.2 Å². The first-order chi connectivity index (χ1) is 12.9. The molecule has 0 spiro atoms. The summed E-state index contributed by atoms with van der Waals surface area (Å²) in [7, 11) is 1.60. The van der Waals surface area contributed by atoms with Crippen molar-refractivity contribution < 1.29 is 14.3 Å². The summed E-state index contributed by atoms with van der Waals surface area (Å²) < 4.78 is 11.5. The van der Waals surface area contributed by atoms with E-state index in [0.717, 1.165) is 22.4 Å². The summed E-state index contributed by atoms with van der Waals surface area (Å²) in [6.45, 7) is 6.47. The van der Waals surface area contributed by atoms with E-state index in [1.165, 1.54) is 11.8 Å². The Labute approximate surface area is 169 Å². The molecule has 1 fully saturated rings. The van der Waals surface area contributed by atoms with Gasteiger partial charge in [0.05, 0.1) is 24.3 Å². The van der Waals surface area contributed by atoms with Gasteiger partial charge in [0.25, 0.3) is 5.91 Å². The Hall–Kier alpha value is -2.31. The van der Waals surface area contributed by atoms with E-state index in [0.29, 0.717) is 27.3 Å². The monoisotopic (exact) mass is 399 g/mol. The highest BCUT2D eigenvalue weighted by atomic mass is 32.2. The number of carbonyl (C=O) groups is 1. The normalized spacial score (nSPS) is 15.6. The molecule has 0 N–H and O–H groups in total. The van der Waals surface area contributed by atoms with Crippen LogP contribution in [0.4, 0.5) is 5.69 Å². The van der Waals surface area contributed by atoms with Crippen molar-refractivity contribution in [3.8, 4) is 11.5 Å². The van der Waals surface area contributed by atoms with Crippen LogP contribution in [0.15, 0.2) is 41.3 Å². The number of thioether (sulfide) groups is 1. The second kappa shape index (κ2) is 8.15. The molecule has 0 atom stereocenters. The zero-order valence-corrected chi connectivity index (χ0v) is 17.4. The van der Waals surface area contributed by atoms with E-state index in [1.807, 2.05) is 57.2 Å². The van der Waals surface area contributed by atoms with Crippen molar-refractivity contribution in [1.29, 1.82) is 0 Å². The molecular formula is C21H21NO3S2. The molecule has 0 aliphatic carbocycles. The minimum atomic E-state index is -0.106. The molecule has 140 valence electrons. The minimum Gasteiger partial charge on any atom is -0.493 e. The Balaban J connectivity index is 1.93. The van der Waals surface area contributed by atoms with Crippen LogP contribution in [0.3, 0.4) is 0 Å². The number of nitrogens with zero attached hydrogens (tertiary/aromatic N) is 1. The lowest BCUT2D eigenvalue weighted by Crippen LogP contribution is -2.28. The third-order valence-corrected chi connectivity index (χ3v) is 5.47. The molecule has 1 aliphatic rings. The van der Waals surface area contributed by atoms with Gasteiger partial charge < -0.3 is 9.47 Å². The van der Waals surface area contributed by atoms with Crippen LogP contribution in [0.1, 0.15) is 23.6 Å². The number of rotatable bonds is 5. The Morgan fingerprint density at radius 2 is 1.93 bits per heavy atom. The first-order valence-electron chi connectivity index (χ1n) is 8.60. The quantitative estimate of drug-likeness (QED) is 0.516. The van der Waals surface area contributed by atoms with Crippen molar-refractivity contribution in [2.45, 2.75) is 20.8 Å². The molecule has 4 nitrogen and oxygen atoms in total. The summed E-state index contributed by atoms with van der Waals surface area (Å²) in [5.41, 5.74) is 3.87. The maximum atomic E-state index is 13.0. The molecule has 0 bridgehead atoms. The van der Waals surface area contributed by atoms with Gasteiger partial charge >= 0.3 is 0 Å². The highest BCUT2D eigenvalue weighted by Gasteiger charge is 2.34. The van der Waals surface area contributed by atoms with Crippen molar-refractivity contribution in [1.82, 2.24) is 0 Å². The first kappa shape index (κ1) is 19.5. The number of thiocarbonyl (C=S) groups is 1. The van der Waals surface area contributed by atoms with Crippen LogP contribution in [0.2, 0.25) is 0 Å². The van der Waals surface area contributed by atoms with Crippen LogP contribution in [-0.2, 0) is 4.79 Å². The zero-order chi connectivity index (χ0) is 19.6. The van der Waals surface area contributed by atoms with Gasteiger partial charge in [-0.2, -0.15) is 0 Å². The van der Waals surface area contributed by atoms with Crippen molar-refractivity contribution in [2.24, 2.45) is 0 Å². The van der Waals surface area contributed by atoms with Crippen LogP contribution in [0, 0.1) is 13.8 Å². The van der Waals surface area contributed by atoms with Crippen LogP contribution in [-0.4, -0.2) is 23.9 Å². The molecule has 27 heavy (non-hydrogen) atoms. The van der Waals surface area contributed by atoms with E-state index in [1.54, 1.807) is 12.0 Å². The van der Waals surface area contributed by atoms with Crippen molar-refractivity contribution in [2.75, 3.05) is 18.6 Å². The van der Waals surface area contributed by atoms with Gasteiger partial charge in [0.15, 0.2) is 15.8 Å². The summed E-state index contributed by atoms with van der Waals surface area (Å²) in [4.78, 5) is 15.2. The number of hydrogen-bond acceptors (Lipinski definition) is 5. The van der Waals surface area contributed by atoms with Gasteiger partial charge in [-0.15, -0.1) is 0 Å². The lowest BCUT2D eigenvalue weighted by atomic mass is 10.1. The zero-order valence-electron chi connectivity index (χ0n) is 15.7. The van der Waals surface area contributed by atoms with Crippen molar-refractivity contribution >= 4 is 46.0 Å². The predicted octanol–water partition coefficient (Wildman–Crippen LogP) is 5.12. The summed E-state index contributed by atoms with van der Waals surface area (Å²) in [5.74, 6) is 1.21. The highest BCUT2D eigenvalue weighted by molar-refractivity contribution is 8.27. The molecule has 3 rings (SSSR count). The smallest absolute Gasteiger partial charge is 0.270 e. The van der Waals surface area contributed by atoms with Crippen molar-refractivity contribution in [3.05, 3.63) is 58.0 Å².